The minimum absolute atomic E-state index is 0.334. The Kier molecular flexibility index (Phi) is 6.39. The monoisotopic (exact) mass is 432 g/mol. The van der Waals surface area contributed by atoms with E-state index in [0.29, 0.717) is 24.6 Å². The van der Waals surface area contributed by atoms with Crippen molar-refractivity contribution in [2.24, 2.45) is 0 Å². The summed E-state index contributed by atoms with van der Waals surface area (Å²) in [6.45, 7) is 2.32. The van der Waals surface area contributed by atoms with Gasteiger partial charge in [-0.25, -0.2) is 14.8 Å². The lowest BCUT2D eigenvalue weighted by Gasteiger charge is -2.33. The van der Waals surface area contributed by atoms with Crippen LogP contribution in [0.5, 0.6) is 0 Å². The highest BCUT2D eigenvalue weighted by Crippen LogP contribution is 2.24. The fraction of sp³-hybridized carbons (Fsp3) is 0.368. The SMILES string of the molecule is Cc1ccc(NC(=O)COC(=O)C2CCCCN2c2ncccn2)c(Br)c1. The molecule has 27 heavy (non-hydrogen) atoms. The minimum atomic E-state index is -0.472. The summed E-state index contributed by atoms with van der Waals surface area (Å²) in [6, 6.07) is 6.86. The number of benzene rings is 1. The Bertz CT molecular complexity index is 816. The van der Waals surface area contributed by atoms with Crippen molar-refractivity contribution in [1.29, 1.82) is 0 Å². The number of aryl methyl sites for hydroxylation is 1. The van der Waals surface area contributed by atoms with E-state index in [9.17, 15) is 9.59 Å². The Hall–Kier alpha value is -2.48. The molecule has 1 aromatic heterocycles. The lowest BCUT2D eigenvalue weighted by atomic mass is 10.0. The Labute approximate surface area is 166 Å². The first-order valence-electron chi connectivity index (χ1n) is 8.81. The van der Waals surface area contributed by atoms with Crippen LogP contribution in [0.1, 0.15) is 24.8 Å². The van der Waals surface area contributed by atoms with Crippen LogP contribution in [0, 0.1) is 6.92 Å². The third-order valence-electron chi connectivity index (χ3n) is 4.33. The molecule has 0 spiro atoms. The molecule has 142 valence electrons. The van der Waals surface area contributed by atoms with Gasteiger partial charge in [-0.1, -0.05) is 6.07 Å². The van der Waals surface area contributed by atoms with E-state index in [2.05, 4.69) is 31.2 Å². The number of piperidine rings is 1. The highest BCUT2D eigenvalue weighted by atomic mass is 79.9. The number of rotatable bonds is 5. The van der Waals surface area contributed by atoms with Gasteiger partial charge >= 0.3 is 5.97 Å². The molecule has 1 amide bonds. The molecule has 1 aliphatic rings. The molecular formula is C19H21BrN4O3. The number of esters is 1. The molecule has 8 heteroatoms. The fourth-order valence-electron chi connectivity index (χ4n) is 3.00. The Morgan fingerprint density at radius 2 is 2.07 bits per heavy atom. The topological polar surface area (TPSA) is 84.4 Å². The summed E-state index contributed by atoms with van der Waals surface area (Å²) in [7, 11) is 0. The zero-order valence-corrected chi connectivity index (χ0v) is 16.6. The van der Waals surface area contributed by atoms with Crippen LogP contribution in [0.2, 0.25) is 0 Å². The summed E-state index contributed by atoms with van der Waals surface area (Å²) in [5, 5.41) is 2.74. The molecule has 0 aliphatic carbocycles. The second kappa shape index (κ2) is 8.94. The zero-order chi connectivity index (χ0) is 19.2. The van der Waals surface area contributed by atoms with Crippen molar-refractivity contribution in [3.8, 4) is 0 Å². The van der Waals surface area contributed by atoms with Crippen LogP contribution >= 0.6 is 15.9 Å². The van der Waals surface area contributed by atoms with Crippen molar-refractivity contribution in [3.63, 3.8) is 0 Å². The van der Waals surface area contributed by atoms with Crippen molar-refractivity contribution in [3.05, 3.63) is 46.7 Å². The summed E-state index contributed by atoms with van der Waals surface area (Å²) in [5.74, 6) is -0.307. The van der Waals surface area contributed by atoms with E-state index in [1.54, 1.807) is 24.5 Å². The van der Waals surface area contributed by atoms with Crippen molar-refractivity contribution < 1.29 is 14.3 Å². The van der Waals surface area contributed by atoms with Gasteiger partial charge in [-0.2, -0.15) is 0 Å². The van der Waals surface area contributed by atoms with Crippen LogP contribution < -0.4 is 10.2 Å². The molecule has 1 saturated heterocycles. The molecule has 7 nitrogen and oxygen atoms in total. The first-order chi connectivity index (χ1) is 13.0. The molecule has 1 fully saturated rings. The van der Waals surface area contributed by atoms with Crippen LogP contribution in [-0.4, -0.2) is 41.0 Å². The Morgan fingerprint density at radius 1 is 1.30 bits per heavy atom. The predicted molar refractivity (Wildman–Crippen MR) is 105 cm³/mol. The molecule has 3 rings (SSSR count). The van der Waals surface area contributed by atoms with E-state index in [1.807, 2.05) is 24.0 Å². The maximum atomic E-state index is 12.5. The summed E-state index contributed by atoms with van der Waals surface area (Å²) in [4.78, 5) is 35.0. The van der Waals surface area contributed by atoms with Gasteiger partial charge in [0, 0.05) is 23.4 Å². The molecule has 0 radical (unpaired) electrons. The molecule has 2 aromatic rings. The van der Waals surface area contributed by atoms with Gasteiger partial charge in [0.05, 0.1) is 5.69 Å². The number of anilines is 2. The highest BCUT2D eigenvalue weighted by molar-refractivity contribution is 9.10. The average Bonchev–Trinajstić information content (AvgIpc) is 2.69. The van der Waals surface area contributed by atoms with Gasteiger partial charge in [0.25, 0.3) is 5.91 Å². The number of hydrogen-bond donors (Lipinski definition) is 1. The molecule has 1 aliphatic heterocycles. The second-order valence-electron chi connectivity index (χ2n) is 6.39. The number of aromatic nitrogens is 2. The van der Waals surface area contributed by atoms with Gasteiger partial charge in [0.1, 0.15) is 6.04 Å². The fourth-order valence-corrected chi connectivity index (χ4v) is 3.59. The average molecular weight is 433 g/mol. The smallest absolute Gasteiger partial charge is 0.329 e. The van der Waals surface area contributed by atoms with E-state index in [4.69, 9.17) is 4.74 Å². The van der Waals surface area contributed by atoms with Crippen molar-refractivity contribution in [2.45, 2.75) is 32.2 Å². The van der Waals surface area contributed by atoms with Crippen molar-refractivity contribution >= 4 is 39.4 Å². The largest absolute Gasteiger partial charge is 0.454 e. The van der Waals surface area contributed by atoms with Crippen LogP contribution in [0.15, 0.2) is 41.1 Å². The normalized spacial score (nSPS) is 16.7. The molecule has 1 unspecified atom stereocenters. The number of carbonyl (C=O) groups excluding carboxylic acids is 2. The number of carbonyl (C=O) groups is 2. The highest BCUT2D eigenvalue weighted by Gasteiger charge is 2.32. The maximum absolute atomic E-state index is 12.5. The van der Waals surface area contributed by atoms with Gasteiger partial charge in [0.15, 0.2) is 6.61 Å². The molecule has 1 aromatic carbocycles. The second-order valence-corrected chi connectivity index (χ2v) is 7.25. The third-order valence-corrected chi connectivity index (χ3v) is 4.98. The number of nitrogens with zero attached hydrogens (tertiary/aromatic N) is 3. The van der Waals surface area contributed by atoms with Gasteiger partial charge in [0.2, 0.25) is 5.95 Å². The van der Waals surface area contributed by atoms with E-state index < -0.39 is 12.0 Å². The van der Waals surface area contributed by atoms with Crippen molar-refractivity contribution in [2.75, 3.05) is 23.4 Å². The molecule has 0 saturated carbocycles. The number of halogens is 1. The maximum Gasteiger partial charge on any atom is 0.329 e. The summed E-state index contributed by atoms with van der Waals surface area (Å²) < 4.78 is 6.05. The lowest BCUT2D eigenvalue weighted by molar-refractivity contribution is -0.149. The first-order valence-corrected chi connectivity index (χ1v) is 9.60. The standard InChI is InChI=1S/C19H21BrN4O3/c1-13-6-7-15(14(20)11-13)23-17(25)12-27-18(26)16-5-2-3-10-24(16)19-21-8-4-9-22-19/h4,6-9,11,16H,2-3,5,10,12H2,1H3,(H,23,25). The Balaban J connectivity index is 1.58. The molecule has 0 bridgehead atoms. The third kappa shape index (κ3) is 5.03. The van der Waals surface area contributed by atoms with E-state index in [0.717, 1.165) is 22.9 Å². The van der Waals surface area contributed by atoms with Gasteiger partial charge in [-0.3, -0.25) is 4.79 Å². The predicted octanol–water partition coefficient (Wildman–Crippen LogP) is 3.09. The zero-order valence-electron chi connectivity index (χ0n) is 15.0. The van der Waals surface area contributed by atoms with E-state index in [-0.39, 0.29) is 12.5 Å². The lowest BCUT2D eigenvalue weighted by Crippen LogP contribution is -2.47. The van der Waals surface area contributed by atoms with Crippen molar-refractivity contribution in [1.82, 2.24) is 9.97 Å². The quantitative estimate of drug-likeness (QED) is 0.730. The van der Waals surface area contributed by atoms with Gasteiger partial charge < -0.3 is 15.0 Å². The number of hydrogen-bond acceptors (Lipinski definition) is 6. The van der Waals surface area contributed by atoms with E-state index in [1.165, 1.54) is 0 Å². The first kappa shape index (κ1) is 19.3. The molecule has 1 atom stereocenters. The van der Waals surface area contributed by atoms with E-state index >= 15 is 0 Å². The van der Waals surface area contributed by atoms with Crippen LogP contribution in [-0.2, 0) is 14.3 Å². The summed E-state index contributed by atoms with van der Waals surface area (Å²) in [6.07, 6.45) is 5.83. The minimum Gasteiger partial charge on any atom is -0.454 e. The van der Waals surface area contributed by atoms with Crippen LogP contribution in [0.3, 0.4) is 0 Å². The number of nitrogens with one attached hydrogen (secondary N) is 1. The van der Waals surface area contributed by atoms with Gasteiger partial charge in [-0.05, 0) is 65.9 Å². The van der Waals surface area contributed by atoms with Crippen LogP contribution in [0.4, 0.5) is 11.6 Å². The molecule has 2 heterocycles. The van der Waals surface area contributed by atoms with Gasteiger partial charge in [-0.15, -0.1) is 0 Å². The summed E-state index contributed by atoms with van der Waals surface area (Å²) in [5.41, 5.74) is 1.71. The Morgan fingerprint density at radius 3 is 2.81 bits per heavy atom. The molecular weight excluding hydrogens is 412 g/mol. The van der Waals surface area contributed by atoms with Crippen LogP contribution in [0.25, 0.3) is 0 Å². The number of amides is 1. The number of ether oxygens (including phenoxy) is 1. The molecule has 1 N–H and O–H groups in total. The summed E-state index contributed by atoms with van der Waals surface area (Å²) >= 11 is 3.41.